The summed E-state index contributed by atoms with van der Waals surface area (Å²) in [5.74, 6) is 0.565. The van der Waals surface area contributed by atoms with Gasteiger partial charge in [-0.05, 0) is 42.4 Å². The number of nitrogens with one attached hydrogen (secondary N) is 1. The molecule has 1 fully saturated rings. The van der Waals surface area contributed by atoms with Crippen LogP contribution in [-0.2, 0) is 4.74 Å². The number of rotatable bonds is 7. The molecule has 3 amide bonds. The van der Waals surface area contributed by atoms with Crippen molar-refractivity contribution >= 4 is 12.1 Å². The fourth-order valence-corrected chi connectivity index (χ4v) is 4.09. The lowest BCUT2D eigenvalue weighted by molar-refractivity contribution is 0.0198. The zero-order valence-electron chi connectivity index (χ0n) is 16.9. The quantitative estimate of drug-likeness (QED) is 0.729. The van der Waals surface area contributed by atoms with Crippen LogP contribution in [0.25, 0.3) is 0 Å². The van der Waals surface area contributed by atoms with Crippen molar-refractivity contribution in [2.45, 2.75) is 72.8 Å². The van der Waals surface area contributed by atoms with Gasteiger partial charge in [0.15, 0.2) is 0 Å². The number of carbonyl (C=O) groups excluding carboxylic acids is 2. The molecule has 0 bridgehead atoms. The maximum atomic E-state index is 12.4. The second kappa shape index (κ2) is 8.77. The molecule has 1 aliphatic carbocycles. The third-order valence-corrected chi connectivity index (χ3v) is 5.48. The van der Waals surface area contributed by atoms with E-state index in [2.05, 4.69) is 39.9 Å². The first kappa shape index (κ1) is 21.6. The van der Waals surface area contributed by atoms with E-state index in [1.807, 2.05) is 7.05 Å². The van der Waals surface area contributed by atoms with Gasteiger partial charge in [0.05, 0.1) is 6.61 Å². The number of ether oxygens (including phenoxy) is 1. The SMILES string of the molecule is CCC(C)CCOC(=O)N(C)C1CC(C)(C)CC(C)(CNC(N)=O)C1. The number of nitrogens with zero attached hydrogens (tertiary/aromatic N) is 1. The molecule has 3 N–H and O–H groups in total. The van der Waals surface area contributed by atoms with Crippen molar-refractivity contribution in [2.75, 3.05) is 20.2 Å². The summed E-state index contributed by atoms with van der Waals surface area (Å²) in [4.78, 5) is 25.2. The molecule has 6 nitrogen and oxygen atoms in total. The van der Waals surface area contributed by atoms with Gasteiger partial charge in [0.2, 0.25) is 0 Å². The molecule has 0 radical (unpaired) electrons. The van der Waals surface area contributed by atoms with E-state index in [1.54, 1.807) is 4.90 Å². The number of hydrogen-bond donors (Lipinski definition) is 2. The van der Waals surface area contributed by atoms with Crippen molar-refractivity contribution in [3.05, 3.63) is 0 Å². The van der Waals surface area contributed by atoms with Crippen LogP contribution < -0.4 is 11.1 Å². The molecular weight excluding hydrogens is 318 g/mol. The number of urea groups is 1. The van der Waals surface area contributed by atoms with Crippen LogP contribution in [0.4, 0.5) is 9.59 Å². The van der Waals surface area contributed by atoms with E-state index in [0.717, 1.165) is 32.1 Å². The summed E-state index contributed by atoms with van der Waals surface area (Å²) in [5.41, 5.74) is 5.23. The predicted octanol–water partition coefficient (Wildman–Crippen LogP) is 3.74. The number of primary amides is 1. The van der Waals surface area contributed by atoms with E-state index in [9.17, 15) is 9.59 Å². The maximum Gasteiger partial charge on any atom is 0.409 e. The fraction of sp³-hybridized carbons (Fsp3) is 0.895. The van der Waals surface area contributed by atoms with E-state index >= 15 is 0 Å². The molecular formula is C19H37N3O3. The van der Waals surface area contributed by atoms with Crippen LogP contribution in [0.5, 0.6) is 0 Å². The standard InChI is InChI=1S/C19H37N3O3/c1-7-14(2)8-9-25-17(24)22(6)15-10-18(3,4)12-19(5,11-15)13-21-16(20)23/h14-15H,7-13H2,1-6H3,(H3,20,21,23). The highest BCUT2D eigenvalue weighted by Crippen LogP contribution is 2.47. The third-order valence-electron chi connectivity index (χ3n) is 5.48. The van der Waals surface area contributed by atoms with Gasteiger partial charge >= 0.3 is 12.1 Å². The largest absolute Gasteiger partial charge is 0.449 e. The predicted molar refractivity (Wildman–Crippen MR) is 100 cm³/mol. The first-order chi connectivity index (χ1) is 11.5. The van der Waals surface area contributed by atoms with Crippen LogP contribution in [0.15, 0.2) is 0 Å². The van der Waals surface area contributed by atoms with E-state index < -0.39 is 6.03 Å². The highest BCUT2D eigenvalue weighted by molar-refractivity contribution is 5.71. The Morgan fingerprint density at radius 1 is 1.32 bits per heavy atom. The van der Waals surface area contributed by atoms with Gasteiger partial charge in [0.1, 0.15) is 0 Å². The zero-order chi connectivity index (χ0) is 19.3. The minimum Gasteiger partial charge on any atom is -0.449 e. The Hall–Kier alpha value is -1.46. The van der Waals surface area contributed by atoms with Gasteiger partial charge in [-0.3, -0.25) is 0 Å². The van der Waals surface area contributed by atoms with Crippen molar-refractivity contribution in [3.63, 3.8) is 0 Å². The van der Waals surface area contributed by atoms with Crippen LogP contribution >= 0.6 is 0 Å². The average Bonchev–Trinajstić information content (AvgIpc) is 2.50. The van der Waals surface area contributed by atoms with Crippen LogP contribution in [-0.4, -0.2) is 43.3 Å². The number of hydrogen-bond acceptors (Lipinski definition) is 3. The average molecular weight is 356 g/mol. The first-order valence-corrected chi connectivity index (χ1v) is 9.41. The molecule has 0 aromatic heterocycles. The van der Waals surface area contributed by atoms with Gasteiger partial charge in [-0.15, -0.1) is 0 Å². The summed E-state index contributed by atoms with van der Waals surface area (Å²) in [5, 5.41) is 2.74. The van der Waals surface area contributed by atoms with Crippen molar-refractivity contribution in [3.8, 4) is 0 Å². The minimum atomic E-state index is -0.501. The Morgan fingerprint density at radius 2 is 1.96 bits per heavy atom. The topological polar surface area (TPSA) is 84.7 Å². The van der Waals surface area contributed by atoms with Gasteiger partial charge in [-0.2, -0.15) is 0 Å². The lowest BCUT2D eigenvalue weighted by Gasteiger charge is -2.48. The molecule has 0 aliphatic heterocycles. The molecule has 1 saturated carbocycles. The molecule has 0 aromatic rings. The smallest absolute Gasteiger partial charge is 0.409 e. The Labute approximate surface area is 152 Å². The van der Waals surface area contributed by atoms with Crippen LogP contribution in [0.3, 0.4) is 0 Å². The van der Waals surface area contributed by atoms with Crippen molar-refractivity contribution in [2.24, 2.45) is 22.5 Å². The lowest BCUT2D eigenvalue weighted by Crippen LogP contribution is -2.51. The molecule has 0 saturated heterocycles. The summed E-state index contributed by atoms with van der Waals surface area (Å²) in [7, 11) is 1.82. The number of amides is 3. The summed E-state index contributed by atoms with van der Waals surface area (Å²) in [6, 6.07) is -0.404. The molecule has 1 aliphatic rings. The molecule has 1 rings (SSSR count). The van der Waals surface area contributed by atoms with Gasteiger partial charge in [0, 0.05) is 19.6 Å². The fourth-order valence-electron chi connectivity index (χ4n) is 4.09. The third kappa shape index (κ3) is 7.12. The van der Waals surface area contributed by atoms with E-state index in [1.165, 1.54) is 0 Å². The molecule has 25 heavy (non-hydrogen) atoms. The number of carbonyl (C=O) groups is 2. The van der Waals surface area contributed by atoms with Gasteiger partial charge in [0.25, 0.3) is 0 Å². The van der Waals surface area contributed by atoms with Crippen LogP contribution in [0.1, 0.15) is 66.7 Å². The van der Waals surface area contributed by atoms with Crippen LogP contribution in [0, 0.1) is 16.7 Å². The van der Waals surface area contributed by atoms with E-state index in [0.29, 0.717) is 19.1 Å². The lowest BCUT2D eigenvalue weighted by atomic mass is 9.62. The highest BCUT2D eigenvalue weighted by atomic mass is 16.6. The molecule has 6 heteroatoms. The second-order valence-electron chi connectivity index (χ2n) is 8.96. The van der Waals surface area contributed by atoms with Gasteiger partial charge in [-0.25, -0.2) is 9.59 Å². The highest BCUT2D eigenvalue weighted by Gasteiger charge is 2.43. The molecule has 0 heterocycles. The maximum absolute atomic E-state index is 12.4. The Balaban J connectivity index is 2.67. The summed E-state index contributed by atoms with van der Waals surface area (Å²) in [6.07, 6.45) is 4.47. The zero-order valence-corrected chi connectivity index (χ0v) is 16.9. The van der Waals surface area contributed by atoms with Crippen molar-refractivity contribution in [1.29, 1.82) is 0 Å². The second-order valence-corrected chi connectivity index (χ2v) is 8.96. The minimum absolute atomic E-state index is 0.0856. The monoisotopic (exact) mass is 355 g/mol. The Morgan fingerprint density at radius 3 is 2.52 bits per heavy atom. The molecule has 3 unspecified atom stereocenters. The molecule has 0 aromatic carbocycles. The Bertz CT molecular complexity index is 467. The Kier molecular flexibility index (Phi) is 7.57. The van der Waals surface area contributed by atoms with Crippen molar-refractivity contribution < 1.29 is 14.3 Å². The van der Waals surface area contributed by atoms with Crippen LogP contribution in [0.2, 0.25) is 0 Å². The summed E-state index contributed by atoms with van der Waals surface area (Å²) < 4.78 is 5.46. The van der Waals surface area contributed by atoms with Gasteiger partial charge in [-0.1, -0.05) is 41.0 Å². The molecule has 3 atom stereocenters. The van der Waals surface area contributed by atoms with E-state index in [4.69, 9.17) is 10.5 Å². The summed E-state index contributed by atoms with van der Waals surface area (Å²) in [6.45, 7) is 11.9. The van der Waals surface area contributed by atoms with Gasteiger partial charge < -0.3 is 20.7 Å². The molecule has 0 spiro atoms. The molecule has 146 valence electrons. The summed E-state index contributed by atoms with van der Waals surface area (Å²) >= 11 is 0. The normalized spacial score (nSPS) is 26.6. The first-order valence-electron chi connectivity index (χ1n) is 9.41. The van der Waals surface area contributed by atoms with E-state index in [-0.39, 0.29) is 23.0 Å². The number of nitrogens with two attached hydrogens (primary N) is 1. The van der Waals surface area contributed by atoms with Crippen molar-refractivity contribution in [1.82, 2.24) is 10.2 Å².